The van der Waals surface area contributed by atoms with Crippen LogP contribution in [0.15, 0.2) is 16.6 Å². The number of nitrogens with zero attached hydrogens (tertiary/aromatic N) is 1. The van der Waals surface area contributed by atoms with Gasteiger partial charge in [0.2, 0.25) is 0 Å². The predicted octanol–water partition coefficient (Wildman–Crippen LogP) is 3.28. The van der Waals surface area contributed by atoms with Gasteiger partial charge in [-0.05, 0) is 32.8 Å². The fourth-order valence-electron chi connectivity index (χ4n) is 1.58. The van der Waals surface area contributed by atoms with E-state index in [1.54, 1.807) is 0 Å². The van der Waals surface area contributed by atoms with Gasteiger partial charge < -0.3 is 5.73 Å². The monoisotopic (exact) mass is 196 g/mol. The number of nitrogens with two attached hydrogens (primary N) is 1. The molecule has 2 heteroatoms. The molecule has 0 aromatic carbocycles. The van der Waals surface area contributed by atoms with Crippen LogP contribution in [0, 0.1) is 0 Å². The molecule has 1 aliphatic carbocycles. The van der Waals surface area contributed by atoms with Gasteiger partial charge in [-0.1, -0.05) is 32.3 Å². The van der Waals surface area contributed by atoms with E-state index in [9.17, 15) is 0 Å². The molecule has 1 saturated carbocycles. The van der Waals surface area contributed by atoms with Crippen molar-refractivity contribution in [2.75, 3.05) is 0 Å². The quantitative estimate of drug-likeness (QED) is 0.534. The Morgan fingerprint density at radius 2 is 1.71 bits per heavy atom. The molecule has 0 atom stereocenters. The summed E-state index contributed by atoms with van der Waals surface area (Å²) in [6.45, 7) is 8.08. The van der Waals surface area contributed by atoms with E-state index in [2.05, 4.69) is 4.99 Å². The number of allylic oxidation sites excluding steroid dienone is 1. The zero-order valence-electron chi connectivity index (χ0n) is 10.0. The van der Waals surface area contributed by atoms with Gasteiger partial charge in [0.05, 0.1) is 6.04 Å². The fourth-order valence-corrected chi connectivity index (χ4v) is 1.58. The highest BCUT2D eigenvalue weighted by Gasteiger charge is 2.13. The molecule has 0 saturated heterocycles. The molecule has 1 aliphatic rings. The highest BCUT2D eigenvalue weighted by molar-refractivity contribution is 5.92. The van der Waals surface area contributed by atoms with Crippen molar-refractivity contribution in [1.82, 2.24) is 0 Å². The van der Waals surface area contributed by atoms with Crippen LogP contribution in [0.5, 0.6) is 0 Å². The van der Waals surface area contributed by atoms with Gasteiger partial charge in [-0.2, -0.15) is 0 Å². The topological polar surface area (TPSA) is 38.4 Å². The first kappa shape index (κ1) is 13.2. The molecule has 0 amide bonds. The lowest BCUT2D eigenvalue weighted by molar-refractivity contribution is 0.706. The summed E-state index contributed by atoms with van der Waals surface area (Å²) in [6, 6.07) is 0.501. The predicted molar refractivity (Wildman–Crippen MR) is 64.7 cm³/mol. The molecule has 0 aliphatic heterocycles. The summed E-state index contributed by atoms with van der Waals surface area (Å²) >= 11 is 0. The largest absolute Gasteiger partial charge is 0.384 e. The molecule has 0 spiro atoms. The zero-order chi connectivity index (χ0) is 11.0. The maximum absolute atomic E-state index is 5.73. The summed E-state index contributed by atoms with van der Waals surface area (Å²) in [5, 5.41) is 0. The molecule has 0 heterocycles. The van der Waals surface area contributed by atoms with Crippen LogP contribution in [0.25, 0.3) is 0 Å². The third-order valence-electron chi connectivity index (χ3n) is 2.09. The van der Waals surface area contributed by atoms with E-state index in [1.807, 2.05) is 33.8 Å². The second-order valence-corrected chi connectivity index (χ2v) is 3.71. The van der Waals surface area contributed by atoms with Gasteiger partial charge in [-0.25, -0.2) is 0 Å². The van der Waals surface area contributed by atoms with Crippen molar-refractivity contribution < 1.29 is 0 Å². The van der Waals surface area contributed by atoms with Crippen molar-refractivity contribution in [2.24, 2.45) is 10.7 Å². The van der Waals surface area contributed by atoms with E-state index >= 15 is 0 Å². The summed E-state index contributed by atoms with van der Waals surface area (Å²) in [4.78, 5) is 4.43. The number of aliphatic imine (C=N–C) groups is 1. The third-order valence-corrected chi connectivity index (χ3v) is 2.09. The van der Waals surface area contributed by atoms with Crippen molar-refractivity contribution in [3.05, 3.63) is 11.6 Å². The van der Waals surface area contributed by atoms with Crippen LogP contribution in [0.3, 0.4) is 0 Å². The SMILES string of the molecule is CC.CC(C)=CC(N)=NC1CCCC1. The fraction of sp³-hybridized carbons (Fsp3) is 0.750. The Morgan fingerprint density at radius 1 is 1.21 bits per heavy atom. The molecule has 2 nitrogen and oxygen atoms in total. The molecule has 0 bridgehead atoms. The Hall–Kier alpha value is -0.790. The zero-order valence-corrected chi connectivity index (χ0v) is 10.0. The van der Waals surface area contributed by atoms with Gasteiger partial charge in [0, 0.05) is 0 Å². The first-order chi connectivity index (χ1) is 6.68. The Bertz CT molecular complexity index is 194. The molecule has 14 heavy (non-hydrogen) atoms. The Morgan fingerprint density at radius 3 is 2.14 bits per heavy atom. The Kier molecular flexibility index (Phi) is 7.17. The summed E-state index contributed by atoms with van der Waals surface area (Å²) < 4.78 is 0. The minimum Gasteiger partial charge on any atom is -0.384 e. The van der Waals surface area contributed by atoms with Crippen LogP contribution in [0.4, 0.5) is 0 Å². The minimum absolute atomic E-state index is 0.501. The van der Waals surface area contributed by atoms with Gasteiger partial charge in [-0.3, -0.25) is 4.99 Å². The number of hydrogen-bond acceptors (Lipinski definition) is 1. The van der Waals surface area contributed by atoms with E-state index in [1.165, 1.54) is 31.3 Å². The average Bonchev–Trinajstić information content (AvgIpc) is 2.59. The lowest BCUT2D eigenvalue weighted by Crippen LogP contribution is -2.12. The number of hydrogen-bond donors (Lipinski definition) is 1. The molecule has 0 unspecified atom stereocenters. The summed E-state index contributed by atoms with van der Waals surface area (Å²) in [5.74, 6) is 0.696. The van der Waals surface area contributed by atoms with Crippen molar-refractivity contribution in [2.45, 2.75) is 59.4 Å². The van der Waals surface area contributed by atoms with Crippen molar-refractivity contribution in [1.29, 1.82) is 0 Å². The van der Waals surface area contributed by atoms with Crippen molar-refractivity contribution >= 4 is 5.84 Å². The van der Waals surface area contributed by atoms with Crippen molar-refractivity contribution in [3.63, 3.8) is 0 Å². The van der Waals surface area contributed by atoms with Gasteiger partial charge >= 0.3 is 0 Å². The average molecular weight is 196 g/mol. The molecule has 0 radical (unpaired) electrons. The number of amidine groups is 1. The number of rotatable bonds is 2. The van der Waals surface area contributed by atoms with E-state index in [0.29, 0.717) is 11.9 Å². The first-order valence-corrected chi connectivity index (χ1v) is 5.66. The molecule has 0 aromatic heterocycles. The second-order valence-electron chi connectivity index (χ2n) is 3.71. The summed E-state index contributed by atoms with van der Waals surface area (Å²) in [7, 11) is 0. The standard InChI is InChI=1S/C10H18N2.C2H6/c1-8(2)7-10(11)12-9-5-3-4-6-9;1-2/h7,9H,3-6H2,1-2H3,(H2,11,12);1-2H3. The van der Waals surface area contributed by atoms with Crippen LogP contribution in [-0.4, -0.2) is 11.9 Å². The van der Waals surface area contributed by atoms with Gasteiger partial charge in [0.15, 0.2) is 0 Å². The molecule has 1 fully saturated rings. The normalized spacial score (nSPS) is 17.3. The second kappa shape index (κ2) is 7.60. The molecule has 0 aromatic rings. The van der Waals surface area contributed by atoms with Crippen molar-refractivity contribution in [3.8, 4) is 0 Å². The van der Waals surface area contributed by atoms with E-state index in [-0.39, 0.29) is 0 Å². The Balaban J connectivity index is 0.000000791. The van der Waals surface area contributed by atoms with Crippen LogP contribution in [0.2, 0.25) is 0 Å². The summed E-state index contributed by atoms with van der Waals surface area (Å²) in [6.07, 6.45) is 7.01. The first-order valence-electron chi connectivity index (χ1n) is 5.66. The third kappa shape index (κ3) is 5.79. The lowest BCUT2D eigenvalue weighted by atomic mass is 10.2. The highest BCUT2D eigenvalue weighted by atomic mass is 14.9. The lowest BCUT2D eigenvalue weighted by Gasteiger charge is -2.02. The van der Waals surface area contributed by atoms with E-state index < -0.39 is 0 Å². The summed E-state index contributed by atoms with van der Waals surface area (Å²) in [5.41, 5.74) is 6.94. The molecular weight excluding hydrogens is 172 g/mol. The Labute approximate surface area is 88.3 Å². The highest BCUT2D eigenvalue weighted by Crippen LogP contribution is 2.20. The minimum atomic E-state index is 0.501. The van der Waals surface area contributed by atoms with E-state index in [4.69, 9.17) is 5.73 Å². The van der Waals surface area contributed by atoms with Gasteiger partial charge in [0.1, 0.15) is 5.84 Å². The van der Waals surface area contributed by atoms with Gasteiger partial charge in [-0.15, -0.1) is 0 Å². The van der Waals surface area contributed by atoms with Crippen LogP contribution >= 0.6 is 0 Å². The van der Waals surface area contributed by atoms with Crippen LogP contribution in [-0.2, 0) is 0 Å². The molecule has 82 valence electrons. The molecular formula is C12H24N2. The van der Waals surface area contributed by atoms with Gasteiger partial charge in [0.25, 0.3) is 0 Å². The van der Waals surface area contributed by atoms with E-state index in [0.717, 1.165) is 0 Å². The maximum Gasteiger partial charge on any atom is 0.118 e. The smallest absolute Gasteiger partial charge is 0.118 e. The molecule has 1 rings (SSSR count). The maximum atomic E-state index is 5.73. The van der Waals surface area contributed by atoms with Crippen LogP contribution in [0.1, 0.15) is 53.4 Å². The molecule has 2 N–H and O–H groups in total. The van der Waals surface area contributed by atoms with Crippen LogP contribution < -0.4 is 5.73 Å².